The zero-order valence-electron chi connectivity index (χ0n) is 13.5. The molecule has 4 rings (SSSR count). The second kappa shape index (κ2) is 6.10. The van der Waals surface area contributed by atoms with Crippen LogP contribution in [-0.2, 0) is 12.8 Å². The highest BCUT2D eigenvalue weighted by molar-refractivity contribution is 5.91. The number of nitrogens with one attached hydrogen (secondary N) is 1. The topological polar surface area (TPSA) is 93.4 Å². The average Bonchev–Trinajstić information content (AvgIpc) is 3.33. The van der Waals surface area contributed by atoms with Crippen LogP contribution in [0.25, 0.3) is 0 Å². The molecule has 1 N–H and O–H groups in total. The van der Waals surface area contributed by atoms with E-state index in [1.807, 2.05) is 0 Å². The van der Waals surface area contributed by atoms with Gasteiger partial charge in [0.1, 0.15) is 12.1 Å². The predicted molar refractivity (Wildman–Crippen MR) is 85.0 cm³/mol. The molecule has 126 valence electrons. The summed E-state index contributed by atoms with van der Waals surface area (Å²) >= 11 is 0. The first-order valence-corrected chi connectivity index (χ1v) is 8.14. The highest BCUT2D eigenvalue weighted by Crippen LogP contribution is 2.28. The SMILES string of the molecule is COc1cc(C(=O)N2CCc3ncnc(NC4CC4)c3CC2)on1. The van der Waals surface area contributed by atoms with Gasteiger partial charge in [-0.3, -0.25) is 4.79 Å². The fourth-order valence-electron chi connectivity index (χ4n) is 2.89. The first kappa shape index (κ1) is 14.9. The van der Waals surface area contributed by atoms with Gasteiger partial charge in [0.05, 0.1) is 18.9 Å². The number of carbonyl (C=O) groups is 1. The molecule has 8 nitrogen and oxygen atoms in total. The van der Waals surface area contributed by atoms with Gasteiger partial charge in [-0.25, -0.2) is 9.97 Å². The molecule has 24 heavy (non-hydrogen) atoms. The summed E-state index contributed by atoms with van der Waals surface area (Å²) in [6.45, 7) is 1.19. The molecule has 0 aromatic carbocycles. The quantitative estimate of drug-likeness (QED) is 0.903. The maximum absolute atomic E-state index is 12.6. The molecule has 2 aromatic rings. The molecule has 3 heterocycles. The molecule has 2 aromatic heterocycles. The van der Waals surface area contributed by atoms with Crippen molar-refractivity contribution in [3.8, 4) is 5.88 Å². The number of hydrogen-bond donors (Lipinski definition) is 1. The van der Waals surface area contributed by atoms with Gasteiger partial charge in [-0.1, -0.05) is 0 Å². The molecule has 8 heteroatoms. The molecule has 1 fully saturated rings. The maximum Gasteiger partial charge on any atom is 0.292 e. The van der Waals surface area contributed by atoms with E-state index in [9.17, 15) is 4.79 Å². The van der Waals surface area contributed by atoms with Crippen LogP contribution in [0.2, 0.25) is 0 Å². The smallest absolute Gasteiger partial charge is 0.292 e. The number of fused-ring (bicyclic) bond motifs is 1. The minimum atomic E-state index is -0.178. The predicted octanol–water partition coefficient (Wildman–Crippen LogP) is 1.29. The van der Waals surface area contributed by atoms with Gasteiger partial charge in [0, 0.05) is 31.1 Å². The summed E-state index contributed by atoms with van der Waals surface area (Å²) in [7, 11) is 1.49. The molecule has 0 unspecified atom stereocenters. The van der Waals surface area contributed by atoms with Crippen molar-refractivity contribution in [1.82, 2.24) is 20.0 Å². The van der Waals surface area contributed by atoms with Crippen LogP contribution < -0.4 is 10.1 Å². The molecule has 0 saturated heterocycles. The number of nitrogens with zero attached hydrogens (tertiary/aromatic N) is 4. The Kier molecular flexibility index (Phi) is 3.79. The number of amides is 1. The van der Waals surface area contributed by atoms with E-state index < -0.39 is 0 Å². The molecule has 1 aliphatic carbocycles. The minimum absolute atomic E-state index is 0.178. The van der Waals surface area contributed by atoms with Gasteiger partial charge in [-0.05, 0) is 24.4 Å². The van der Waals surface area contributed by atoms with Crippen LogP contribution in [0.3, 0.4) is 0 Å². The highest BCUT2D eigenvalue weighted by Gasteiger charge is 2.27. The van der Waals surface area contributed by atoms with E-state index in [2.05, 4.69) is 20.4 Å². The Morgan fingerprint density at radius 3 is 2.92 bits per heavy atom. The summed E-state index contributed by atoms with van der Waals surface area (Å²) in [6.07, 6.45) is 5.41. The van der Waals surface area contributed by atoms with Crippen LogP contribution in [-0.4, -0.2) is 52.2 Å². The highest BCUT2D eigenvalue weighted by atomic mass is 16.5. The van der Waals surface area contributed by atoms with E-state index in [1.54, 1.807) is 11.2 Å². The normalized spacial score (nSPS) is 17.1. The van der Waals surface area contributed by atoms with Gasteiger partial charge >= 0.3 is 0 Å². The summed E-state index contributed by atoms with van der Waals surface area (Å²) in [5, 5.41) is 7.15. The molecular formula is C16H19N5O3. The Morgan fingerprint density at radius 2 is 2.17 bits per heavy atom. The lowest BCUT2D eigenvalue weighted by molar-refractivity contribution is 0.0720. The van der Waals surface area contributed by atoms with Crippen molar-refractivity contribution in [3.05, 3.63) is 29.4 Å². The van der Waals surface area contributed by atoms with Crippen molar-refractivity contribution in [2.24, 2.45) is 0 Å². The summed E-state index contributed by atoms with van der Waals surface area (Å²) in [5.74, 6) is 1.24. The van der Waals surface area contributed by atoms with Gasteiger partial charge < -0.3 is 19.5 Å². The number of anilines is 1. The molecule has 1 saturated carbocycles. The van der Waals surface area contributed by atoms with Crippen LogP contribution in [0.5, 0.6) is 5.88 Å². The van der Waals surface area contributed by atoms with Crippen molar-refractivity contribution in [1.29, 1.82) is 0 Å². The first-order chi connectivity index (χ1) is 11.7. The van der Waals surface area contributed by atoms with E-state index in [0.29, 0.717) is 31.4 Å². The number of rotatable bonds is 4. The summed E-state index contributed by atoms with van der Waals surface area (Å²) < 4.78 is 10.0. The van der Waals surface area contributed by atoms with Crippen molar-refractivity contribution < 1.29 is 14.1 Å². The lowest BCUT2D eigenvalue weighted by Crippen LogP contribution is -2.33. The summed E-state index contributed by atoms with van der Waals surface area (Å²) in [5.41, 5.74) is 2.13. The van der Waals surface area contributed by atoms with E-state index in [-0.39, 0.29) is 11.7 Å². The second-order valence-electron chi connectivity index (χ2n) is 6.09. The third kappa shape index (κ3) is 2.91. The van der Waals surface area contributed by atoms with Gasteiger partial charge in [0.25, 0.3) is 11.8 Å². The third-order valence-corrected chi connectivity index (χ3v) is 4.40. The van der Waals surface area contributed by atoms with Gasteiger partial charge in [-0.2, -0.15) is 0 Å². The molecule has 0 atom stereocenters. The Bertz CT molecular complexity index is 756. The zero-order valence-corrected chi connectivity index (χ0v) is 13.5. The summed E-state index contributed by atoms with van der Waals surface area (Å²) in [4.78, 5) is 23.1. The minimum Gasteiger partial charge on any atom is -0.479 e. The number of ether oxygens (including phenoxy) is 1. The van der Waals surface area contributed by atoms with E-state index in [4.69, 9.17) is 9.26 Å². The average molecular weight is 329 g/mol. The second-order valence-corrected chi connectivity index (χ2v) is 6.09. The van der Waals surface area contributed by atoms with Crippen molar-refractivity contribution in [3.63, 3.8) is 0 Å². The molecule has 1 aliphatic heterocycles. The monoisotopic (exact) mass is 329 g/mol. The van der Waals surface area contributed by atoms with E-state index >= 15 is 0 Å². The maximum atomic E-state index is 12.6. The van der Waals surface area contributed by atoms with Crippen molar-refractivity contribution in [2.75, 3.05) is 25.5 Å². The van der Waals surface area contributed by atoms with E-state index in [0.717, 1.165) is 23.5 Å². The largest absolute Gasteiger partial charge is 0.479 e. The zero-order chi connectivity index (χ0) is 16.5. The fraction of sp³-hybridized carbons (Fsp3) is 0.500. The molecule has 1 amide bonds. The Morgan fingerprint density at radius 1 is 1.33 bits per heavy atom. The lowest BCUT2D eigenvalue weighted by Gasteiger charge is -2.18. The van der Waals surface area contributed by atoms with Crippen molar-refractivity contribution >= 4 is 11.7 Å². The van der Waals surface area contributed by atoms with Crippen LogP contribution in [0.4, 0.5) is 5.82 Å². The van der Waals surface area contributed by atoms with Crippen LogP contribution in [0.15, 0.2) is 16.9 Å². The first-order valence-electron chi connectivity index (χ1n) is 8.14. The number of carbonyl (C=O) groups excluding carboxylic acids is 1. The number of hydrogen-bond acceptors (Lipinski definition) is 7. The van der Waals surface area contributed by atoms with Crippen LogP contribution in [0.1, 0.15) is 34.7 Å². The Labute approximate surface area is 139 Å². The third-order valence-electron chi connectivity index (χ3n) is 4.40. The van der Waals surface area contributed by atoms with Gasteiger partial charge in [0.15, 0.2) is 0 Å². The molecule has 0 bridgehead atoms. The fourth-order valence-corrected chi connectivity index (χ4v) is 2.89. The lowest BCUT2D eigenvalue weighted by atomic mass is 10.1. The standard InChI is InChI=1S/C16H19N5O3/c1-23-14-8-13(24-20-14)16(22)21-6-4-11-12(5-7-21)17-9-18-15(11)19-10-2-3-10/h8-10H,2-7H2,1H3,(H,17,18,19). The number of aromatic nitrogens is 3. The molecule has 0 spiro atoms. The molecular weight excluding hydrogens is 310 g/mol. The van der Waals surface area contributed by atoms with Gasteiger partial charge in [-0.15, -0.1) is 0 Å². The molecule has 2 aliphatic rings. The summed E-state index contributed by atoms with van der Waals surface area (Å²) in [6, 6.07) is 2.05. The Hall–Kier alpha value is -2.64. The Balaban J connectivity index is 1.50. The number of methoxy groups -OCH3 is 1. The van der Waals surface area contributed by atoms with E-state index in [1.165, 1.54) is 26.0 Å². The van der Waals surface area contributed by atoms with Crippen molar-refractivity contribution in [2.45, 2.75) is 31.7 Å². The molecule has 0 radical (unpaired) electrons. The van der Waals surface area contributed by atoms with Crippen LogP contribution >= 0.6 is 0 Å². The van der Waals surface area contributed by atoms with Gasteiger partial charge in [0.2, 0.25) is 5.76 Å². The van der Waals surface area contributed by atoms with Crippen LogP contribution in [0, 0.1) is 0 Å².